The number of carbonyl (C=O) groups is 1. The molecule has 0 atom stereocenters. The van der Waals surface area contributed by atoms with Crippen LogP contribution in [0.5, 0.6) is 5.75 Å². The van der Waals surface area contributed by atoms with Crippen LogP contribution in [0.2, 0.25) is 0 Å². The van der Waals surface area contributed by atoms with Gasteiger partial charge in [0, 0.05) is 47.1 Å². The molecule has 0 aliphatic carbocycles. The maximum atomic E-state index is 12.4. The van der Waals surface area contributed by atoms with Crippen molar-refractivity contribution in [2.75, 3.05) is 10.6 Å². The van der Waals surface area contributed by atoms with Crippen molar-refractivity contribution in [2.24, 2.45) is 0 Å². The Morgan fingerprint density at radius 3 is 2.81 bits per heavy atom. The van der Waals surface area contributed by atoms with Crippen LogP contribution in [0.25, 0.3) is 22.2 Å². The maximum Gasteiger partial charge on any atom is 0.417 e. The fourth-order valence-corrected chi connectivity index (χ4v) is 3.27. The monoisotopic (exact) mass is 425 g/mol. The van der Waals surface area contributed by atoms with Crippen LogP contribution in [-0.2, 0) is 0 Å². The number of pyridine rings is 1. The van der Waals surface area contributed by atoms with E-state index in [1.54, 1.807) is 42.9 Å². The van der Waals surface area contributed by atoms with Crippen molar-refractivity contribution in [3.63, 3.8) is 0 Å². The Morgan fingerprint density at radius 1 is 1.06 bits per heavy atom. The van der Waals surface area contributed by atoms with Crippen molar-refractivity contribution < 1.29 is 13.9 Å². The zero-order chi connectivity index (χ0) is 21.9. The van der Waals surface area contributed by atoms with Gasteiger partial charge in [-0.2, -0.15) is 0 Å². The van der Waals surface area contributed by atoms with E-state index in [9.17, 15) is 4.79 Å². The summed E-state index contributed by atoms with van der Waals surface area (Å²) < 4.78 is 11.2. The highest BCUT2D eigenvalue weighted by molar-refractivity contribution is 5.88. The van der Waals surface area contributed by atoms with Crippen LogP contribution in [0.1, 0.15) is 5.56 Å². The predicted octanol–water partition coefficient (Wildman–Crippen LogP) is 5.88. The molecule has 1 amide bonds. The van der Waals surface area contributed by atoms with Gasteiger partial charge in [-0.3, -0.25) is 10.3 Å². The fourth-order valence-electron chi connectivity index (χ4n) is 3.27. The lowest BCUT2D eigenvalue weighted by Crippen LogP contribution is -2.16. The van der Waals surface area contributed by atoms with Gasteiger partial charge in [-0.1, -0.05) is 6.07 Å². The molecular weight excluding hydrogens is 406 g/mol. The first kappa shape index (κ1) is 19.4. The molecule has 5 aromatic rings. The Labute approximate surface area is 183 Å². The molecular formula is C24H19N5O3. The molecule has 0 unspecified atom stereocenters. The van der Waals surface area contributed by atoms with Gasteiger partial charge in [0.05, 0.1) is 6.20 Å². The van der Waals surface area contributed by atoms with Crippen LogP contribution in [0.15, 0.2) is 83.8 Å². The molecule has 5 rings (SSSR count). The van der Waals surface area contributed by atoms with Crippen LogP contribution < -0.4 is 15.4 Å². The molecule has 0 spiro atoms. The number of fused-ring (bicyclic) bond motifs is 1. The lowest BCUT2D eigenvalue weighted by atomic mass is 10.2. The average molecular weight is 425 g/mol. The van der Waals surface area contributed by atoms with Gasteiger partial charge >= 0.3 is 6.09 Å². The summed E-state index contributed by atoms with van der Waals surface area (Å²) in [4.78, 5) is 23.8. The topological polar surface area (TPSA) is 105 Å². The van der Waals surface area contributed by atoms with Crippen molar-refractivity contribution in [3.05, 3.63) is 84.9 Å². The zero-order valence-corrected chi connectivity index (χ0v) is 17.1. The first-order valence-electron chi connectivity index (χ1n) is 9.94. The number of anilines is 3. The van der Waals surface area contributed by atoms with Crippen molar-refractivity contribution in [1.82, 2.24) is 15.0 Å². The smallest absolute Gasteiger partial charge is 0.417 e. The molecule has 0 bridgehead atoms. The summed E-state index contributed by atoms with van der Waals surface area (Å²) in [7, 11) is 0. The van der Waals surface area contributed by atoms with E-state index in [2.05, 4.69) is 25.6 Å². The number of amides is 1. The number of oxazole rings is 1. The minimum atomic E-state index is -0.582. The van der Waals surface area contributed by atoms with Crippen molar-refractivity contribution in [3.8, 4) is 17.1 Å². The highest BCUT2D eigenvalue weighted by Crippen LogP contribution is 2.27. The number of benzene rings is 2. The van der Waals surface area contributed by atoms with Crippen molar-refractivity contribution >= 4 is 34.4 Å². The molecule has 0 aliphatic heterocycles. The largest absolute Gasteiger partial charge is 0.423 e. The van der Waals surface area contributed by atoms with Gasteiger partial charge in [-0.15, -0.1) is 0 Å². The molecule has 3 N–H and O–H groups in total. The number of carbonyl (C=O) groups excluding carboxylic acids is 1. The maximum absolute atomic E-state index is 12.4. The molecule has 2 aromatic carbocycles. The SMILES string of the molecule is Cc1ccc(NC(=O)Oc2ccc3cc[nH]c3c2)cc1Nc1ncc(-c2ccncc2)o1. The number of aromatic nitrogens is 3. The van der Waals surface area contributed by atoms with Gasteiger partial charge in [-0.05, 0) is 60.3 Å². The number of hydrogen-bond acceptors (Lipinski definition) is 6. The number of hydrogen-bond donors (Lipinski definition) is 3. The summed E-state index contributed by atoms with van der Waals surface area (Å²) in [5.41, 5.74) is 4.07. The first-order valence-corrected chi connectivity index (χ1v) is 9.94. The fraction of sp³-hybridized carbons (Fsp3) is 0.0417. The van der Waals surface area contributed by atoms with Crippen molar-refractivity contribution in [2.45, 2.75) is 6.92 Å². The molecule has 0 fully saturated rings. The summed E-state index contributed by atoms with van der Waals surface area (Å²) in [5, 5.41) is 6.95. The van der Waals surface area contributed by atoms with Gasteiger partial charge in [0.25, 0.3) is 6.01 Å². The van der Waals surface area contributed by atoms with E-state index in [0.717, 1.165) is 27.7 Å². The number of H-pyrrole nitrogens is 1. The Kier molecular flexibility index (Phi) is 5.01. The van der Waals surface area contributed by atoms with E-state index in [1.165, 1.54) is 0 Å². The molecule has 32 heavy (non-hydrogen) atoms. The third kappa shape index (κ3) is 4.15. The number of aryl methyl sites for hydroxylation is 1. The number of ether oxygens (including phenoxy) is 1. The first-order chi connectivity index (χ1) is 15.6. The lowest BCUT2D eigenvalue weighted by Gasteiger charge is -2.11. The second-order valence-electron chi connectivity index (χ2n) is 7.16. The predicted molar refractivity (Wildman–Crippen MR) is 122 cm³/mol. The number of rotatable bonds is 5. The van der Waals surface area contributed by atoms with E-state index in [4.69, 9.17) is 9.15 Å². The Bertz CT molecular complexity index is 1390. The lowest BCUT2D eigenvalue weighted by molar-refractivity contribution is 0.215. The Balaban J connectivity index is 1.28. The molecule has 3 heterocycles. The highest BCUT2D eigenvalue weighted by Gasteiger charge is 2.11. The third-order valence-electron chi connectivity index (χ3n) is 4.93. The Hall–Kier alpha value is -4.59. The van der Waals surface area contributed by atoms with Crippen LogP contribution in [0, 0.1) is 6.92 Å². The van der Waals surface area contributed by atoms with Gasteiger partial charge < -0.3 is 19.5 Å². The molecule has 0 saturated carbocycles. The van der Waals surface area contributed by atoms with Crippen LogP contribution in [0.4, 0.5) is 22.2 Å². The zero-order valence-electron chi connectivity index (χ0n) is 17.1. The molecule has 0 radical (unpaired) electrons. The second-order valence-corrected chi connectivity index (χ2v) is 7.16. The van der Waals surface area contributed by atoms with Gasteiger partial charge in [-0.25, -0.2) is 9.78 Å². The quantitative estimate of drug-likeness (QED) is 0.325. The number of nitrogens with zero attached hydrogens (tertiary/aromatic N) is 2. The van der Waals surface area contributed by atoms with E-state index in [1.807, 2.05) is 43.5 Å². The van der Waals surface area contributed by atoms with Gasteiger partial charge in [0.15, 0.2) is 5.76 Å². The summed E-state index contributed by atoms with van der Waals surface area (Å²) in [6, 6.07) is 16.9. The van der Waals surface area contributed by atoms with Crippen molar-refractivity contribution in [1.29, 1.82) is 0 Å². The number of nitrogens with one attached hydrogen (secondary N) is 3. The molecule has 158 valence electrons. The molecule has 0 aliphatic rings. The number of aromatic amines is 1. The average Bonchev–Trinajstić information content (AvgIpc) is 3.46. The standard InChI is InChI=1S/C24H19N5O3/c1-15-2-4-18(28-24(30)31-19-5-3-16-8-11-26-21(16)13-19)12-20(15)29-23-27-14-22(32-23)17-6-9-25-10-7-17/h2-14,26H,1H3,(H,27,29)(H,28,30). The molecule has 3 aromatic heterocycles. The summed E-state index contributed by atoms with van der Waals surface area (Å²) in [6.45, 7) is 1.95. The van der Waals surface area contributed by atoms with Crippen LogP contribution in [-0.4, -0.2) is 21.0 Å². The van der Waals surface area contributed by atoms with Gasteiger partial charge in [0.2, 0.25) is 0 Å². The van der Waals surface area contributed by atoms with Crippen LogP contribution in [0.3, 0.4) is 0 Å². The minimum Gasteiger partial charge on any atom is -0.423 e. The Morgan fingerprint density at radius 2 is 1.94 bits per heavy atom. The highest BCUT2D eigenvalue weighted by atomic mass is 16.6. The van der Waals surface area contributed by atoms with E-state index < -0.39 is 6.09 Å². The molecule has 8 heteroatoms. The minimum absolute atomic E-state index is 0.346. The van der Waals surface area contributed by atoms with E-state index in [-0.39, 0.29) is 0 Å². The molecule has 8 nitrogen and oxygen atoms in total. The van der Waals surface area contributed by atoms with Crippen LogP contribution >= 0.6 is 0 Å². The third-order valence-corrected chi connectivity index (χ3v) is 4.93. The summed E-state index contributed by atoms with van der Waals surface area (Å²) in [5.74, 6) is 1.08. The van der Waals surface area contributed by atoms with Gasteiger partial charge in [0.1, 0.15) is 5.75 Å². The summed E-state index contributed by atoms with van der Waals surface area (Å²) in [6.07, 6.45) is 6.29. The van der Waals surface area contributed by atoms with E-state index >= 15 is 0 Å². The summed E-state index contributed by atoms with van der Waals surface area (Å²) >= 11 is 0. The second kappa shape index (κ2) is 8.27. The molecule has 0 saturated heterocycles. The normalized spacial score (nSPS) is 10.8. The van der Waals surface area contributed by atoms with E-state index in [0.29, 0.717) is 23.2 Å².